The molecule has 32 heavy (non-hydrogen) atoms. The molecule has 1 heterocycles. The van der Waals surface area contributed by atoms with Crippen molar-refractivity contribution in [3.63, 3.8) is 0 Å². The monoisotopic (exact) mass is 431 g/mol. The van der Waals surface area contributed by atoms with Crippen molar-refractivity contribution in [3.8, 4) is 0 Å². The number of aryl methyl sites for hydroxylation is 1. The summed E-state index contributed by atoms with van der Waals surface area (Å²) >= 11 is 0. The van der Waals surface area contributed by atoms with Crippen LogP contribution in [0.15, 0.2) is 60.7 Å². The number of fused-ring (bicyclic) bond motifs is 2. The van der Waals surface area contributed by atoms with Gasteiger partial charge in [0, 0.05) is 17.8 Å². The van der Waals surface area contributed by atoms with Crippen LogP contribution in [0.4, 0.5) is 5.69 Å². The first-order valence-corrected chi connectivity index (χ1v) is 10.9. The van der Waals surface area contributed by atoms with Crippen LogP contribution in [-0.2, 0) is 14.3 Å². The highest BCUT2D eigenvalue weighted by atomic mass is 16.5. The van der Waals surface area contributed by atoms with E-state index in [-0.39, 0.29) is 17.7 Å². The summed E-state index contributed by atoms with van der Waals surface area (Å²) in [7, 11) is 0. The Kier molecular flexibility index (Phi) is 5.78. The molecule has 166 valence electrons. The molecule has 1 aliphatic rings. The molecule has 0 aliphatic carbocycles. The van der Waals surface area contributed by atoms with Gasteiger partial charge in [-0.2, -0.15) is 0 Å². The molecule has 0 radical (unpaired) electrons. The van der Waals surface area contributed by atoms with Gasteiger partial charge in [0.2, 0.25) is 0 Å². The molecule has 4 rings (SSSR count). The van der Waals surface area contributed by atoms with Gasteiger partial charge in [-0.15, -0.1) is 0 Å². The van der Waals surface area contributed by atoms with E-state index < -0.39 is 18.2 Å². The van der Waals surface area contributed by atoms with Crippen molar-refractivity contribution >= 4 is 28.3 Å². The number of aliphatic carboxylic acids is 1. The zero-order valence-electron chi connectivity index (χ0n) is 19.0. The van der Waals surface area contributed by atoms with Crippen LogP contribution >= 0.6 is 0 Å². The lowest BCUT2D eigenvalue weighted by Gasteiger charge is -2.31. The second kappa shape index (κ2) is 8.40. The average molecular weight is 432 g/mol. The lowest BCUT2D eigenvalue weighted by atomic mass is 9.92. The number of anilines is 1. The zero-order valence-corrected chi connectivity index (χ0v) is 19.0. The number of carboxylic acids is 1. The third-order valence-electron chi connectivity index (χ3n) is 5.70. The molecule has 5 nitrogen and oxygen atoms in total. The minimum Gasteiger partial charge on any atom is -0.481 e. The SMILES string of the molecule is Cc1ccc2c(c1)[C@H](c1cccc3ccccc13)O[C@@H](CC(=O)O)C(=O)N2CC(C)(C)C. The number of ether oxygens (including phenoxy) is 1. The highest BCUT2D eigenvalue weighted by Crippen LogP contribution is 2.42. The van der Waals surface area contributed by atoms with Crippen molar-refractivity contribution in [2.45, 2.75) is 46.3 Å². The maximum absolute atomic E-state index is 13.6. The fourth-order valence-electron chi connectivity index (χ4n) is 4.37. The average Bonchev–Trinajstić information content (AvgIpc) is 2.82. The molecule has 0 saturated carbocycles. The van der Waals surface area contributed by atoms with Crippen LogP contribution in [-0.4, -0.2) is 29.6 Å². The van der Waals surface area contributed by atoms with Crippen LogP contribution in [0.1, 0.15) is 50.0 Å². The Hall–Kier alpha value is -3.18. The van der Waals surface area contributed by atoms with Crippen molar-refractivity contribution in [2.75, 3.05) is 11.4 Å². The fourth-order valence-corrected chi connectivity index (χ4v) is 4.37. The predicted molar refractivity (Wildman–Crippen MR) is 126 cm³/mol. The van der Waals surface area contributed by atoms with Crippen molar-refractivity contribution in [1.29, 1.82) is 0 Å². The standard InChI is InChI=1S/C27H29NO4/c1-17-12-13-22-21(14-17)25(20-11-7-9-18-8-5-6-10-19(18)20)32-23(15-24(29)30)26(31)28(22)16-27(2,3)4/h5-14,23,25H,15-16H2,1-4H3,(H,29,30)/t23-,25-/m0/s1. The molecule has 0 aromatic heterocycles. The van der Waals surface area contributed by atoms with E-state index in [0.29, 0.717) is 6.54 Å². The molecule has 1 aliphatic heterocycles. The Morgan fingerprint density at radius 1 is 1.03 bits per heavy atom. The number of hydrogen-bond acceptors (Lipinski definition) is 3. The topological polar surface area (TPSA) is 66.8 Å². The maximum atomic E-state index is 13.6. The number of carboxylic acid groups (broad SMARTS) is 1. The van der Waals surface area contributed by atoms with Crippen molar-refractivity contribution < 1.29 is 19.4 Å². The van der Waals surface area contributed by atoms with Gasteiger partial charge in [0.1, 0.15) is 12.2 Å². The van der Waals surface area contributed by atoms with E-state index >= 15 is 0 Å². The van der Waals surface area contributed by atoms with E-state index in [1.807, 2.05) is 67.6 Å². The molecule has 3 aromatic rings. The van der Waals surface area contributed by atoms with Crippen molar-refractivity contribution in [2.24, 2.45) is 5.41 Å². The van der Waals surface area contributed by atoms with Crippen LogP contribution in [0.2, 0.25) is 0 Å². The Balaban J connectivity index is 1.96. The highest BCUT2D eigenvalue weighted by Gasteiger charge is 2.39. The van der Waals surface area contributed by atoms with Gasteiger partial charge in [-0.05, 0) is 34.7 Å². The van der Waals surface area contributed by atoms with E-state index in [1.165, 1.54) is 0 Å². The number of benzene rings is 3. The number of nitrogens with zero attached hydrogens (tertiary/aromatic N) is 1. The summed E-state index contributed by atoms with van der Waals surface area (Å²) in [5, 5.41) is 11.6. The Labute approximate surface area is 188 Å². The van der Waals surface area contributed by atoms with Crippen LogP contribution in [0.3, 0.4) is 0 Å². The normalized spacial score (nSPS) is 19.0. The molecule has 1 N–H and O–H groups in total. The number of hydrogen-bond donors (Lipinski definition) is 1. The molecule has 2 atom stereocenters. The van der Waals surface area contributed by atoms with Gasteiger partial charge in [-0.3, -0.25) is 9.59 Å². The van der Waals surface area contributed by atoms with Crippen LogP contribution in [0.5, 0.6) is 0 Å². The van der Waals surface area contributed by atoms with E-state index in [0.717, 1.165) is 33.2 Å². The van der Waals surface area contributed by atoms with Gasteiger partial charge >= 0.3 is 5.97 Å². The van der Waals surface area contributed by atoms with Crippen LogP contribution in [0, 0.1) is 12.3 Å². The second-order valence-electron chi connectivity index (χ2n) is 9.72. The van der Waals surface area contributed by atoms with Gasteiger partial charge in [0.05, 0.1) is 6.42 Å². The largest absolute Gasteiger partial charge is 0.481 e. The van der Waals surface area contributed by atoms with Gasteiger partial charge in [0.25, 0.3) is 5.91 Å². The number of rotatable bonds is 4. The first-order valence-electron chi connectivity index (χ1n) is 10.9. The van der Waals surface area contributed by atoms with E-state index in [4.69, 9.17) is 4.74 Å². The Bertz CT molecular complexity index is 1170. The zero-order chi connectivity index (χ0) is 23.0. The van der Waals surface area contributed by atoms with Gasteiger partial charge in [-0.1, -0.05) is 80.9 Å². The first-order chi connectivity index (χ1) is 15.1. The quantitative estimate of drug-likeness (QED) is 0.593. The third-order valence-corrected chi connectivity index (χ3v) is 5.70. The highest BCUT2D eigenvalue weighted by molar-refractivity contribution is 6.00. The van der Waals surface area contributed by atoms with Crippen molar-refractivity contribution in [3.05, 3.63) is 77.4 Å². The van der Waals surface area contributed by atoms with E-state index in [2.05, 4.69) is 20.8 Å². The summed E-state index contributed by atoms with van der Waals surface area (Å²) in [5.74, 6) is -1.37. The van der Waals surface area contributed by atoms with Gasteiger partial charge in [0.15, 0.2) is 0 Å². The molecule has 0 bridgehead atoms. The molecule has 0 spiro atoms. The summed E-state index contributed by atoms with van der Waals surface area (Å²) < 4.78 is 6.38. The Morgan fingerprint density at radius 3 is 2.47 bits per heavy atom. The number of carbonyl (C=O) groups excluding carboxylic acids is 1. The minimum absolute atomic E-state index is 0.176. The maximum Gasteiger partial charge on any atom is 0.306 e. The third kappa shape index (κ3) is 4.39. The van der Waals surface area contributed by atoms with Gasteiger partial charge < -0.3 is 14.7 Å². The second-order valence-corrected chi connectivity index (χ2v) is 9.72. The fraction of sp³-hybridized carbons (Fsp3) is 0.333. The van der Waals surface area contributed by atoms with Crippen molar-refractivity contribution in [1.82, 2.24) is 0 Å². The smallest absolute Gasteiger partial charge is 0.306 e. The lowest BCUT2D eigenvalue weighted by molar-refractivity contribution is -0.147. The molecule has 3 aromatic carbocycles. The van der Waals surface area contributed by atoms with Gasteiger partial charge in [-0.25, -0.2) is 0 Å². The first kappa shape index (κ1) is 22.0. The summed E-state index contributed by atoms with van der Waals surface area (Å²) in [4.78, 5) is 26.9. The molecule has 5 heteroatoms. The molecule has 0 unspecified atom stereocenters. The molecular formula is C27H29NO4. The molecular weight excluding hydrogens is 402 g/mol. The number of amides is 1. The predicted octanol–water partition coefficient (Wildman–Crippen LogP) is 5.49. The summed E-state index contributed by atoms with van der Waals surface area (Å²) in [6, 6.07) is 20.0. The van der Waals surface area contributed by atoms with Crippen LogP contribution < -0.4 is 4.90 Å². The van der Waals surface area contributed by atoms with E-state index in [9.17, 15) is 14.7 Å². The summed E-state index contributed by atoms with van der Waals surface area (Å²) in [6.07, 6.45) is -2.02. The summed E-state index contributed by atoms with van der Waals surface area (Å²) in [6.45, 7) is 8.66. The number of carbonyl (C=O) groups is 2. The molecule has 0 fully saturated rings. The summed E-state index contributed by atoms with van der Waals surface area (Å²) in [5.41, 5.74) is 3.46. The van der Waals surface area contributed by atoms with E-state index in [1.54, 1.807) is 4.90 Å². The minimum atomic E-state index is -1.08. The van der Waals surface area contributed by atoms with Crippen LogP contribution in [0.25, 0.3) is 10.8 Å². The molecule has 0 saturated heterocycles. The Morgan fingerprint density at radius 2 is 1.75 bits per heavy atom. The lowest BCUT2D eigenvalue weighted by Crippen LogP contribution is -2.44. The molecule has 1 amide bonds.